The maximum atomic E-state index is 12.4. The molecule has 0 aromatic heterocycles. The molecular weight excluding hydrogens is 248 g/mol. The van der Waals surface area contributed by atoms with E-state index in [2.05, 4.69) is 0 Å². The molecule has 1 heterocycles. The van der Waals surface area contributed by atoms with E-state index in [9.17, 15) is 14.4 Å². The SMILES string of the molecule is CN1CCN(C(=O)C2CCCC2)C(CC(=O)O)C1=O. The van der Waals surface area contributed by atoms with E-state index >= 15 is 0 Å². The van der Waals surface area contributed by atoms with E-state index in [0.717, 1.165) is 25.7 Å². The van der Waals surface area contributed by atoms with Crippen LogP contribution >= 0.6 is 0 Å². The van der Waals surface area contributed by atoms with Crippen molar-refractivity contribution in [1.82, 2.24) is 9.80 Å². The Labute approximate surface area is 112 Å². The van der Waals surface area contributed by atoms with Gasteiger partial charge in [0, 0.05) is 26.1 Å². The number of piperazine rings is 1. The zero-order chi connectivity index (χ0) is 14.0. The molecule has 2 fully saturated rings. The van der Waals surface area contributed by atoms with Gasteiger partial charge in [-0.25, -0.2) is 0 Å². The Morgan fingerprint density at radius 1 is 1.26 bits per heavy atom. The van der Waals surface area contributed by atoms with Gasteiger partial charge in [0.15, 0.2) is 0 Å². The van der Waals surface area contributed by atoms with Gasteiger partial charge in [-0.3, -0.25) is 14.4 Å². The summed E-state index contributed by atoms with van der Waals surface area (Å²) in [7, 11) is 1.65. The van der Waals surface area contributed by atoms with Crippen LogP contribution in [0.5, 0.6) is 0 Å². The molecule has 19 heavy (non-hydrogen) atoms. The molecule has 0 aromatic rings. The number of hydrogen-bond donors (Lipinski definition) is 1. The molecule has 6 nitrogen and oxygen atoms in total. The molecule has 1 aliphatic heterocycles. The number of likely N-dealkylation sites (N-methyl/N-ethyl adjacent to an activating group) is 1. The highest BCUT2D eigenvalue weighted by molar-refractivity contribution is 5.92. The first-order chi connectivity index (χ1) is 9.00. The molecule has 1 aliphatic carbocycles. The average Bonchev–Trinajstić information content (AvgIpc) is 2.88. The number of nitrogens with zero attached hydrogens (tertiary/aromatic N) is 2. The highest BCUT2D eigenvalue weighted by atomic mass is 16.4. The summed E-state index contributed by atoms with van der Waals surface area (Å²) >= 11 is 0. The number of hydrogen-bond acceptors (Lipinski definition) is 3. The van der Waals surface area contributed by atoms with Crippen molar-refractivity contribution in [2.45, 2.75) is 38.1 Å². The van der Waals surface area contributed by atoms with E-state index in [0.29, 0.717) is 13.1 Å². The van der Waals surface area contributed by atoms with Gasteiger partial charge in [0.1, 0.15) is 6.04 Å². The van der Waals surface area contributed by atoms with Gasteiger partial charge < -0.3 is 14.9 Å². The van der Waals surface area contributed by atoms with Gasteiger partial charge in [0.05, 0.1) is 6.42 Å². The van der Waals surface area contributed by atoms with Crippen molar-refractivity contribution in [2.24, 2.45) is 5.92 Å². The highest BCUT2D eigenvalue weighted by Gasteiger charge is 2.39. The summed E-state index contributed by atoms with van der Waals surface area (Å²) in [4.78, 5) is 38.4. The first-order valence-corrected chi connectivity index (χ1v) is 6.78. The first kappa shape index (κ1) is 13.8. The van der Waals surface area contributed by atoms with Crippen LogP contribution < -0.4 is 0 Å². The predicted octanol–water partition coefficient (Wildman–Crippen LogP) is 0.320. The maximum Gasteiger partial charge on any atom is 0.305 e. The van der Waals surface area contributed by atoms with Gasteiger partial charge in [0.25, 0.3) is 0 Å². The van der Waals surface area contributed by atoms with E-state index in [1.54, 1.807) is 7.05 Å². The molecule has 0 spiro atoms. The highest BCUT2D eigenvalue weighted by Crippen LogP contribution is 2.28. The lowest BCUT2D eigenvalue weighted by atomic mass is 10.0. The number of carboxylic acids is 1. The van der Waals surface area contributed by atoms with Crippen molar-refractivity contribution in [1.29, 1.82) is 0 Å². The van der Waals surface area contributed by atoms with E-state index in [4.69, 9.17) is 5.11 Å². The van der Waals surface area contributed by atoms with Crippen LogP contribution in [0.2, 0.25) is 0 Å². The molecule has 0 aromatic carbocycles. The largest absolute Gasteiger partial charge is 0.481 e. The number of carbonyl (C=O) groups excluding carboxylic acids is 2. The molecule has 0 bridgehead atoms. The van der Waals surface area contributed by atoms with Gasteiger partial charge >= 0.3 is 5.97 Å². The summed E-state index contributed by atoms with van der Waals surface area (Å²) < 4.78 is 0. The van der Waals surface area contributed by atoms with Crippen molar-refractivity contribution in [3.63, 3.8) is 0 Å². The summed E-state index contributed by atoms with van der Waals surface area (Å²) in [5.74, 6) is -1.37. The van der Waals surface area contributed by atoms with Gasteiger partial charge in [-0.2, -0.15) is 0 Å². The van der Waals surface area contributed by atoms with E-state index in [1.165, 1.54) is 9.80 Å². The Hall–Kier alpha value is -1.59. The van der Waals surface area contributed by atoms with Crippen LogP contribution in [0.25, 0.3) is 0 Å². The van der Waals surface area contributed by atoms with Crippen molar-refractivity contribution in [3.05, 3.63) is 0 Å². The minimum atomic E-state index is -1.04. The Morgan fingerprint density at radius 2 is 1.89 bits per heavy atom. The molecule has 0 radical (unpaired) electrons. The van der Waals surface area contributed by atoms with Gasteiger partial charge in [-0.1, -0.05) is 12.8 Å². The number of amides is 2. The predicted molar refractivity (Wildman–Crippen MR) is 67.3 cm³/mol. The van der Waals surface area contributed by atoms with Crippen molar-refractivity contribution in [2.75, 3.05) is 20.1 Å². The van der Waals surface area contributed by atoms with Crippen LogP contribution in [0.15, 0.2) is 0 Å². The fourth-order valence-electron chi connectivity index (χ4n) is 2.95. The van der Waals surface area contributed by atoms with Crippen molar-refractivity contribution in [3.8, 4) is 0 Å². The molecule has 1 saturated heterocycles. The number of aliphatic carboxylic acids is 1. The van der Waals surface area contributed by atoms with E-state index < -0.39 is 12.0 Å². The van der Waals surface area contributed by atoms with Gasteiger partial charge in [0.2, 0.25) is 11.8 Å². The topological polar surface area (TPSA) is 77.9 Å². The standard InChI is InChI=1S/C13H20N2O4/c1-14-6-7-15(10(13(14)19)8-11(16)17)12(18)9-4-2-3-5-9/h9-10H,2-8H2,1H3,(H,16,17). The molecule has 2 amide bonds. The fraction of sp³-hybridized carbons (Fsp3) is 0.769. The zero-order valence-electron chi connectivity index (χ0n) is 11.2. The second-order valence-corrected chi connectivity index (χ2v) is 5.39. The molecule has 106 valence electrons. The van der Waals surface area contributed by atoms with E-state index in [1.807, 2.05) is 0 Å². The Kier molecular flexibility index (Phi) is 4.07. The minimum absolute atomic E-state index is 0.0208. The summed E-state index contributed by atoms with van der Waals surface area (Å²) in [6.45, 7) is 0.920. The van der Waals surface area contributed by atoms with Gasteiger partial charge in [-0.05, 0) is 12.8 Å². The summed E-state index contributed by atoms with van der Waals surface area (Å²) in [5.41, 5.74) is 0. The summed E-state index contributed by atoms with van der Waals surface area (Å²) in [6.07, 6.45) is 3.50. The van der Waals surface area contributed by atoms with Crippen LogP contribution in [0.4, 0.5) is 0 Å². The molecule has 1 N–H and O–H groups in total. The average molecular weight is 268 g/mol. The lowest BCUT2D eigenvalue weighted by Gasteiger charge is -2.39. The van der Waals surface area contributed by atoms with Crippen LogP contribution in [0.1, 0.15) is 32.1 Å². The summed E-state index contributed by atoms with van der Waals surface area (Å²) in [6, 6.07) is -0.829. The van der Waals surface area contributed by atoms with Crippen LogP contribution in [-0.2, 0) is 14.4 Å². The van der Waals surface area contributed by atoms with E-state index in [-0.39, 0.29) is 24.2 Å². The molecular formula is C13H20N2O4. The quantitative estimate of drug-likeness (QED) is 0.799. The van der Waals surface area contributed by atoms with Crippen LogP contribution in [-0.4, -0.2) is 58.9 Å². The molecule has 1 atom stereocenters. The lowest BCUT2D eigenvalue weighted by Crippen LogP contribution is -2.59. The molecule has 2 aliphatic rings. The molecule has 2 rings (SSSR count). The molecule has 6 heteroatoms. The molecule has 1 unspecified atom stereocenters. The normalized spacial score (nSPS) is 24.9. The smallest absolute Gasteiger partial charge is 0.305 e. The van der Waals surface area contributed by atoms with Crippen LogP contribution in [0, 0.1) is 5.92 Å². The second-order valence-electron chi connectivity index (χ2n) is 5.39. The molecule has 1 saturated carbocycles. The fourth-order valence-corrected chi connectivity index (χ4v) is 2.95. The number of rotatable bonds is 3. The third-order valence-electron chi connectivity index (χ3n) is 4.07. The minimum Gasteiger partial charge on any atom is -0.481 e. The Balaban J connectivity index is 2.13. The maximum absolute atomic E-state index is 12.4. The van der Waals surface area contributed by atoms with Crippen molar-refractivity contribution < 1.29 is 19.5 Å². The lowest BCUT2D eigenvalue weighted by molar-refractivity contribution is -0.156. The Morgan fingerprint density at radius 3 is 2.47 bits per heavy atom. The second kappa shape index (κ2) is 5.59. The van der Waals surface area contributed by atoms with Crippen LogP contribution in [0.3, 0.4) is 0 Å². The third kappa shape index (κ3) is 2.88. The summed E-state index contributed by atoms with van der Waals surface area (Å²) in [5, 5.41) is 8.93. The van der Waals surface area contributed by atoms with Gasteiger partial charge in [-0.15, -0.1) is 0 Å². The first-order valence-electron chi connectivity index (χ1n) is 6.78. The number of carbonyl (C=O) groups is 3. The Bertz CT molecular complexity index is 390. The zero-order valence-corrected chi connectivity index (χ0v) is 11.2. The number of carboxylic acid groups (broad SMARTS) is 1. The van der Waals surface area contributed by atoms with Crippen molar-refractivity contribution >= 4 is 17.8 Å². The third-order valence-corrected chi connectivity index (χ3v) is 4.07. The monoisotopic (exact) mass is 268 g/mol.